The van der Waals surface area contributed by atoms with Crippen LogP contribution in [0.25, 0.3) is 21.9 Å². The highest BCUT2D eigenvalue weighted by Gasteiger charge is 2.13. The van der Waals surface area contributed by atoms with Crippen LogP contribution in [-0.4, -0.2) is 28.0 Å². The molecular formula is C19H15FN4O2. The number of aromatic nitrogens is 3. The molecule has 0 aliphatic rings. The summed E-state index contributed by atoms with van der Waals surface area (Å²) in [5.74, 6) is 0.751. The molecule has 0 unspecified atom stereocenters. The first kappa shape index (κ1) is 16.0. The van der Waals surface area contributed by atoms with Crippen LogP contribution in [0.5, 0.6) is 5.75 Å². The van der Waals surface area contributed by atoms with E-state index in [-0.39, 0.29) is 11.4 Å². The maximum atomic E-state index is 13.3. The molecule has 0 atom stereocenters. The molecular weight excluding hydrogens is 335 g/mol. The summed E-state index contributed by atoms with van der Waals surface area (Å²) in [5.41, 5.74) is 1.94. The molecule has 0 amide bonds. The zero-order chi connectivity index (χ0) is 18.3. The number of halogens is 1. The van der Waals surface area contributed by atoms with Gasteiger partial charge in [-0.3, -0.25) is 4.79 Å². The Hall–Kier alpha value is -3.48. The Labute approximate surface area is 147 Å². The monoisotopic (exact) mass is 350 g/mol. The number of rotatable bonds is 3. The van der Waals surface area contributed by atoms with Crippen molar-refractivity contribution in [3.05, 3.63) is 70.0 Å². The van der Waals surface area contributed by atoms with Gasteiger partial charge in [-0.2, -0.15) is 9.78 Å². The van der Waals surface area contributed by atoms with E-state index in [0.717, 1.165) is 10.9 Å². The van der Waals surface area contributed by atoms with Gasteiger partial charge in [0, 0.05) is 10.9 Å². The Morgan fingerprint density at radius 3 is 2.88 bits per heavy atom. The predicted molar refractivity (Wildman–Crippen MR) is 98.5 cm³/mol. The topological polar surface area (TPSA) is 72.3 Å². The van der Waals surface area contributed by atoms with Crippen molar-refractivity contribution in [1.29, 1.82) is 0 Å². The molecule has 0 aliphatic carbocycles. The molecule has 0 spiro atoms. The van der Waals surface area contributed by atoms with Gasteiger partial charge in [-0.1, -0.05) is 12.1 Å². The van der Waals surface area contributed by atoms with Gasteiger partial charge in [0.1, 0.15) is 28.4 Å². The Morgan fingerprint density at radius 2 is 2.12 bits per heavy atom. The number of benzene rings is 2. The van der Waals surface area contributed by atoms with Crippen LogP contribution >= 0.6 is 0 Å². The van der Waals surface area contributed by atoms with Gasteiger partial charge in [0.05, 0.1) is 13.3 Å². The summed E-state index contributed by atoms with van der Waals surface area (Å²) in [6.45, 7) is 1.70. The third kappa shape index (κ3) is 2.63. The average molecular weight is 350 g/mol. The van der Waals surface area contributed by atoms with Gasteiger partial charge in [0.25, 0.3) is 5.56 Å². The highest BCUT2D eigenvalue weighted by atomic mass is 19.1. The van der Waals surface area contributed by atoms with Crippen LogP contribution in [0.1, 0.15) is 11.4 Å². The van der Waals surface area contributed by atoms with Gasteiger partial charge < -0.3 is 9.72 Å². The third-order valence-corrected chi connectivity index (χ3v) is 4.14. The summed E-state index contributed by atoms with van der Waals surface area (Å²) in [6.07, 6.45) is 1.43. The van der Waals surface area contributed by atoms with E-state index in [2.05, 4.69) is 15.1 Å². The normalized spacial score (nSPS) is 11.7. The van der Waals surface area contributed by atoms with Crippen LogP contribution in [0.4, 0.5) is 4.39 Å². The highest BCUT2D eigenvalue weighted by molar-refractivity contribution is 6.05. The molecule has 0 aliphatic heterocycles. The van der Waals surface area contributed by atoms with Gasteiger partial charge in [0.15, 0.2) is 0 Å². The van der Waals surface area contributed by atoms with Crippen molar-refractivity contribution in [2.45, 2.75) is 6.92 Å². The minimum absolute atomic E-state index is 0.324. The molecule has 2 heterocycles. The minimum atomic E-state index is -0.365. The number of nitrogens with zero attached hydrogens (tertiary/aromatic N) is 3. The smallest absolute Gasteiger partial charge is 0.298 e. The van der Waals surface area contributed by atoms with E-state index < -0.39 is 0 Å². The van der Waals surface area contributed by atoms with Crippen LogP contribution in [-0.2, 0) is 0 Å². The number of ether oxygens (including phenoxy) is 1. The Kier molecular flexibility index (Phi) is 3.76. The highest BCUT2D eigenvalue weighted by Crippen LogP contribution is 2.26. The first-order chi connectivity index (χ1) is 12.6. The summed E-state index contributed by atoms with van der Waals surface area (Å²) in [6, 6.07) is 11.5. The molecule has 6 nitrogen and oxygen atoms in total. The van der Waals surface area contributed by atoms with Crippen molar-refractivity contribution < 1.29 is 9.13 Å². The van der Waals surface area contributed by atoms with E-state index >= 15 is 0 Å². The lowest BCUT2D eigenvalue weighted by Gasteiger charge is -2.03. The van der Waals surface area contributed by atoms with Gasteiger partial charge in [0.2, 0.25) is 0 Å². The fourth-order valence-electron chi connectivity index (χ4n) is 2.86. The average Bonchev–Trinajstić information content (AvgIpc) is 2.99. The molecule has 4 aromatic rings. The first-order valence-electron chi connectivity index (χ1n) is 7.96. The Balaban J connectivity index is 1.89. The number of methoxy groups -OCH3 is 1. The number of nitrogens with one attached hydrogen (secondary N) is 1. The molecule has 0 saturated heterocycles. The number of H-pyrrole nitrogens is 1. The van der Waals surface area contributed by atoms with Crippen LogP contribution in [0.15, 0.2) is 52.4 Å². The minimum Gasteiger partial charge on any atom is -0.497 e. The van der Waals surface area contributed by atoms with Crippen molar-refractivity contribution in [1.82, 2.24) is 14.6 Å². The van der Waals surface area contributed by atoms with Crippen LogP contribution in [0.2, 0.25) is 0 Å². The standard InChI is InChI=1S/C19H15FN4O2/c1-11-22-17-15-9-14(26-2)6-7-16(15)23-18(17)19(25)24(11)21-10-12-4-3-5-13(20)8-12/h3-10,23H,1-2H3. The van der Waals surface area contributed by atoms with Crippen molar-refractivity contribution in [3.8, 4) is 5.75 Å². The summed E-state index contributed by atoms with van der Waals surface area (Å²) >= 11 is 0. The predicted octanol–water partition coefficient (Wildman–Crippen LogP) is 3.22. The van der Waals surface area contributed by atoms with E-state index in [9.17, 15) is 9.18 Å². The van der Waals surface area contributed by atoms with E-state index in [0.29, 0.717) is 28.2 Å². The molecule has 2 aromatic heterocycles. The molecule has 0 radical (unpaired) electrons. The maximum absolute atomic E-state index is 13.3. The SMILES string of the molecule is COc1ccc2[nH]c3c(=O)n(N=Cc4cccc(F)c4)c(C)nc3c2c1. The van der Waals surface area contributed by atoms with E-state index in [1.165, 1.54) is 23.0 Å². The molecule has 130 valence electrons. The lowest BCUT2D eigenvalue weighted by Crippen LogP contribution is -2.20. The second-order valence-corrected chi connectivity index (χ2v) is 5.84. The second kappa shape index (κ2) is 6.11. The molecule has 0 fully saturated rings. The second-order valence-electron chi connectivity index (χ2n) is 5.84. The van der Waals surface area contributed by atoms with Gasteiger partial charge >= 0.3 is 0 Å². The summed E-state index contributed by atoms with van der Waals surface area (Å²) in [7, 11) is 1.59. The molecule has 26 heavy (non-hydrogen) atoms. The lowest BCUT2D eigenvalue weighted by atomic mass is 10.2. The van der Waals surface area contributed by atoms with Crippen LogP contribution in [0.3, 0.4) is 0 Å². The zero-order valence-electron chi connectivity index (χ0n) is 14.2. The number of hydrogen-bond donors (Lipinski definition) is 1. The van der Waals surface area contributed by atoms with Crippen molar-refractivity contribution in [2.75, 3.05) is 7.11 Å². The third-order valence-electron chi connectivity index (χ3n) is 4.14. The number of hydrogen-bond acceptors (Lipinski definition) is 4. The van der Waals surface area contributed by atoms with Crippen molar-refractivity contribution >= 4 is 28.2 Å². The Morgan fingerprint density at radius 1 is 1.27 bits per heavy atom. The summed E-state index contributed by atoms with van der Waals surface area (Å²) in [5, 5.41) is 4.98. The molecule has 1 N–H and O–H groups in total. The van der Waals surface area contributed by atoms with Crippen molar-refractivity contribution in [3.63, 3.8) is 0 Å². The van der Waals surface area contributed by atoms with E-state index in [4.69, 9.17) is 4.74 Å². The molecule has 0 bridgehead atoms. The Bertz CT molecular complexity index is 1220. The zero-order valence-corrected chi connectivity index (χ0v) is 14.2. The molecule has 0 saturated carbocycles. The fourth-order valence-corrected chi connectivity index (χ4v) is 2.86. The van der Waals surface area contributed by atoms with Crippen LogP contribution < -0.4 is 10.3 Å². The first-order valence-corrected chi connectivity index (χ1v) is 7.96. The van der Waals surface area contributed by atoms with E-state index in [1.54, 1.807) is 26.2 Å². The van der Waals surface area contributed by atoms with E-state index in [1.807, 2.05) is 18.2 Å². The van der Waals surface area contributed by atoms with Gasteiger partial charge in [-0.15, -0.1) is 0 Å². The van der Waals surface area contributed by atoms with Gasteiger partial charge in [-0.05, 0) is 42.8 Å². The van der Waals surface area contributed by atoms with Gasteiger partial charge in [-0.25, -0.2) is 9.37 Å². The van der Waals surface area contributed by atoms with Crippen molar-refractivity contribution in [2.24, 2.45) is 5.10 Å². The largest absolute Gasteiger partial charge is 0.497 e. The molecule has 2 aromatic carbocycles. The number of fused-ring (bicyclic) bond motifs is 3. The maximum Gasteiger partial charge on any atom is 0.298 e. The number of aryl methyl sites for hydroxylation is 1. The molecule has 4 rings (SSSR count). The fraction of sp³-hybridized carbons (Fsp3) is 0.105. The number of aromatic amines is 1. The summed E-state index contributed by atoms with van der Waals surface area (Å²) in [4.78, 5) is 20.4. The molecule has 7 heteroatoms. The quantitative estimate of drug-likeness (QED) is 0.577. The van der Waals surface area contributed by atoms with Crippen LogP contribution in [0, 0.1) is 12.7 Å². The summed E-state index contributed by atoms with van der Waals surface area (Å²) < 4.78 is 19.7. The lowest BCUT2D eigenvalue weighted by molar-refractivity contribution is 0.415.